The quantitative estimate of drug-likeness (QED) is 0.764. The van der Waals surface area contributed by atoms with E-state index in [0.717, 1.165) is 4.70 Å². The lowest BCUT2D eigenvalue weighted by molar-refractivity contribution is 0.419. The third-order valence-electron chi connectivity index (χ3n) is 3.00. The van der Waals surface area contributed by atoms with Gasteiger partial charge in [0.1, 0.15) is 11.3 Å². The second kappa shape index (κ2) is 5.47. The minimum atomic E-state index is -3.65. The van der Waals surface area contributed by atoms with Crippen molar-refractivity contribution in [1.82, 2.24) is 4.98 Å². The summed E-state index contributed by atoms with van der Waals surface area (Å²) in [6.45, 7) is 0. The van der Waals surface area contributed by atoms with E-state index in [9.17, 15) is 8.42 Å². The maximum Gasteiger partial charge on any atom is 0.261 e. The predicted molar refractivity (Wildman–Crippen MR) is 87.8 cm³/mol. The lowest BCUT2D eigenvalue weighted by Gasteiger charge is -2.09. The Kier molecular flexibility index (Phi) is 3.63. The number of benzene rings is 2. The molecule has 0 radical (unpaired) electrons. The number of nitrogens with two attached hydrogens (primary N) is 1. The Hall–Kier alpha value is -2.32. The van der Waals surface area contributed by atoms with Gasteiger partial charge in [0.2, 0.25) is 0 Å². The Morgan fingerprint density at radius 2 is 1.95 bits per heavy atom. The molecule has 8 heteroatoms. The van der Waals surface area contributed by atoms with E-state index in [-0.39, 0.29) is 4.90 Å². The number of nitrogen functional groups attached to an aromatic ring is 1. The number of thiazole rings is 1. The molecule has 3 rings (SSSR count). The van der Waals surface area contributed by atoms with E-state index in [4.69, 9.17) is 10.5 Å². The van der Waals surface area contributed by atoms with Crippen molar-refractivity contribution in [2.24, 2.45) is 0 Å². The zero-order chi connectivity index (χ0) is 15.7. The van der Waals surface area contributed by atoms with Crippen LogP contribution in [-0.2, 0) is 10.0 Å². The highest BCUT2D eigenvalue weighted by molar-refractivity contribution is 7.92. The molecule has 0 amide bonds. The molecular weight excluding hydrogens is 322 g/mol. The summed E-state index contributed by atoms with van der Waals surface area (Å²) >= 11 is 1.27. The lowest BCUT2D eigenvalue weighted by Crippen LogP contribution is -2.12. The Labute approximate surface area is 131 Å². The largest absolute Gasteiger partial charge is 0.494 e. The number of ether oxygens (including phenoxy) is 1. The maximum atomic E-state index is 12.4. The standard InChI is InChI=1S/C14H13N3O3S2/c1-20-11-7-9(8-12-13(11)16-14(15)21-12)17-22(18,19)10-5-3-2-4-6-10/h2-8,17H,1H3,(H2,15,16). The topological polar surface area (TPSA) is 94.3 Å². The molecule has 0 aliphatic rings. The Balaban J connectivity index is 2.04. The second-order valence-electron chi connectivity index (χ2n) is 4.50. The van der Waals surface area contributed by atoms with Crippen LogP contribution in [0.4, 0.5) is 10.8 Å². The fourth-order valence-corrected chi connectivity index (χ4v) is 3.90. The molecule has 0 spiro atoms. The Morgan fingerprint density at radius 1 is 1.23 bits per heavy atom. The van der Waals surface area contributed by atoms with Crippen molar-refractivity contribution < 1.29 is 13.2 Å². The highest BCUT2D eigenvalue weighted by atomic mass is 32.2. The number of anilines is 2. The minimum absolute atomic E-state index is 0.192. The van der Waals surface area contributed by atoms with Crippen LogP contribution in [0.2, 0.25) is 0 Å². The van der Waals surface area contributed by atoms with E-state index >= 15 is 0 Å². The highest BCUT2D eigenvalue weighted by Crippen LogP contribution is 2.34. The molecule has 0 unspecified atom stereocenters. The summed E-state index contributed by atoms with van der Waals surface area (Å²) < 4.78 is 33.3. The molecule has 6 nitrogen and oxygen atoms in total. The van der Waals surface area contributed by atoms with Gasteiger partial charge in [-0.2, -0.15) is 0 Å². The molecule has 0 bridgehead atoms. The third kappa shape index (κ3) is 2.70. The molecule has 3 N–H and O–H groups in total. The molecule has 0 fully saturated rings. The molecule has 22 heavy (non-hydrogen) atoms. The Morgan fingerprint density at radius 3 is 2.64 bits per heavy atom. The van der Waals surface area contributed by atoms with E-state index < -0.39 is 10.0 Å². The fraction of sp³-hybridized carbons (Fsp3) is 0.0714. The van der Waals surface area contributed by atoms with Crippen molar-refractivity contribution in [3.05, 3.63) is 42.5 Å². The van der Waals surface area contributed by atoms with Crippen LogP contribution < -0.4 is 15.2 Å². The number of nitrogens with one attached hydrogen (secondary N) is 1. The second-order valence-corrected chi connectivity index (χ2v) is 7.24. The third-order valence-corrected chi connectivity index (χ3v) is 5.23. The molecular formula is C14H13N3O3S2. The molecule has 0 aliphatic heterocycles. The van der Waals surface area contributed by atoms with Gasteiger partial charge in [-0.05, 0) is 18.2 Å². The normalized spacial score (nSPS) is 11.5. The van der Waals surface area contributed by atoms with E-state index in [0.29, 0.717) is 22.1 Å². The zero-order valence-electron chi connectivity index (χ0n) is 11.6. The van der Waals surface area contributed by atoms with Crippen molar-refractivity contribution in [2.75, 3.05) is 17.6 Å². The maximum absolute atomic E-state index is 12.4. The smallest absolute Gasteiger partial charge is 0.261 e. The monoisotopic (exact) mass is 335 g/mol. The molecule has 0 saturated carbocycles. The van der Waals surface area contributed by atoms with Gasteiger partial charge in [0.05, 0.1) is 22.4 Å². The van der Waals surface area contributed by atoms with E-state index in [1.54, 1.807) is 30.3 Å². The van der Waals surface area contributed by atoms with Crippen LogP contribution in [0.15, 0.2) is 47.4 Å². The minimum Gasteiger partial charge on any atom is -0.494 e. The van der Waals surface area contributed by atoms with Crippen molar-refractivity contribution in [2.45, 2.75) is 4.90 Å². The number of hydrogen-bond donors (Lipinski definition) is 2. The summed E-state index contributed by atoms with van der Waals surface area (Å²) in [5.41, 5.74) is 6.71. The zero-order valence-corrected chi connectivity index (χ0v) is 13.2. The first-order valence-electron chi connectivity index (χ1n) is 6.31. The first-order valence-corrected chi connectivity index (χ1v) is 8.61. The molecule has 114 valence electrons. The number of nitrogens with zero attached hydrogens (tertiary/aromatic N) is 1. The van der Waals surface area contributed by atoms with Crippen molar-refractivity contribution in [1.29, 1.82) is 0 Å². The van der Waals surface area contributed by atoms with Gasteiger partial charge in [-0.25, -0.2) is 13.4 Å². The van der Waals surface area contributed by atoms with Crippen LogP contribution >= 0.6 is 11.3 Å². The summed E-state index contributed by atoms with van der Waals surface area (Å²) in [6.07, 6.45) is 0. The summed E-state index contributed by atoms with van der Waals surface area (Å²) in [6, 6.07) is 11.4. The van der Waals surface area contributed by atoms with Crippen molar-refractivity contribution in [3.8, 4) is 5.75 Å². The van der Waals surface area contributed by atoms with Gasteiger partial charge in [-0.1, -0.05) is 29.5 Å². The van der Waals surface area contributed by atoms with Crippen molar-refractivity contribution in [3.63, 3.8) is 0 Å². The molecule has 3 aromatic rings. The summed E-state index contributed by atoms with van der Waals surface area (Å²) in [4.78, 5) is 4.37. The van der Waals surface area contributed by atoms with Gasteiger partial charge in [0, 0.05) is 6.07 Å². The van der Waals surface area contributed by atoms with E-state index in [1.807, 2.05) is 0 Å². The molecule has 1 aromatic heterocycles. The predicted octanol–water partition coefficient (Wildman–Crippen LogP) is 2.69. The van der Waals surface area contributed by atoms with Crippen LogP contribution in [0, 0.1) is 0 Å². The number of hydrogen-bond acceptors (Lipinski definition) is 6. The van der Waals surface area contributed by atoms with Crippen LogP contribution in [0.1, 0.15) is 0 Å². The van der Waals surface area contributed by atoms with Gasteiger partial charge >= 0.3 is 0 Å². The molecule has 1 heterocycles. The first-order chi connectivity index (χ1) is 10.5. The first kappa shape index (κ1) is 14.6. The average molecular weight is 335 g/mol. The average Bonchev–Trinajstić information content (AvgIpc) is 2.87. The number of aromatic nitrogens is 1. The summed E-state index contributed by atoms with van der Waals surface area (Å²) in [5, 5.41) is 0.399. The molecule has 0 aliphatic carbocycles. The highest BCUT2D eigenvalue weighted by Gasteiger charge is 2.16. The Bertz CT molecular complexity index is 921. The van der Waals surface area contributed by atoms with Crippen LogP contribution in [0.25, 0.3) is 10.2 Å². The van der Waals surface area contributed by atoms with Crippen LogP contribution in [0.3, 0.4) is 0 Å². The number of sulfonamides is 1. The molecule has 0 saturated heterocycles. The summed E-state index contributed by atoms with van der Waals surface area (Å²) in [7, 11) is -2.15. The molecule has 0 atom stereocenters. The fourth-order valence-electron chi connectivity index (χ4n) is 2.04. The summed E-state index contributed by atoms with van der Waals surface area (Å²) in [5.74, 6) is 0.469. The van der Waals surface area contributed by atoms with Gasteiger partial charge in [-0.15, -0.1) is 0 Å². The SMILES string of the molecule is COc1cc(NS(=O)(=O)c2ccccc2)cc2sc(N)nc12. The number of rotatable bonds is 4. The molecule has 2 aromatic carbocycles. The number of fused-ring (bicyclic) bond motifs is 1. The van der Waals surface area contributed by atoms with E-state index in [1.165, 1.54) is 30.6 Å². The van der Waals surface area contributed by atoms with Gasteiger partial charge in [0.25, 0.3) is 10.0 Å². The van der Waals surface area contributed by atoms with Crippen LogP contribution in [0.5, 0.6) is 5.75 Å². The van der Waals surface area contributed by atoms with E-state index in [2.05, 4.69) is 9.71 Å². The number of methoxy groups -OCH3 is 1. The van der Waals surface area contributed by atoms with Crippen molar-refractivity contribution >= 4 is 42.4 Å². The van der Waals surface area contributed by atoms with Gasteiger partial charge in [-0.3, -0.25) is 4.72 Å². The van der Waals surface area contributed by atoms with Crippen LogP contribution in [-0.4, -0.2) is 20.5 Å². The van der Waals surface area contributed by atoms with Gasteiger partial charge < -0.3 is 10.5 Å². The van der Waals surface area contributed by atoms with Gasteiger partial charge in [0.15, 0.2) is 5.13 Å². The lowest BCUT2D eigenvalue weighted by atomic mass is 10.3.